The van der Waals surface area contributed by atoms with Crippen molar-refractivity contribution in [1.82, 2.24) is 20.0 Å². The largest absolute Gasteiger partial charge is 0.310 e. The van der Waals surface area contributed by atoms with Gasteiger partial charge in [-0.25, -0.2) is 4.68 Å². The molecule has 3 aromatic rings. The van der Waals surface area contributed by atoms with Crippen molar-refractivity contribution in [2.45, 2.75) is 22.5 Å². The Hall–Kier alpha value is -1.84. The van der Waals surface area contributed by atoms with Crippen molar-refractivity contribution in [1.29, 1.82) is 0 Å². The van der Waals surface area contributed by atoms with Crippen LogP contribution in [0.15, 0.2) is 39.0 Å². The second-order valence-corrected chi connectivity index (χ2v) is 8.55. The summed E-state index contributed by atoms with van der Waals surface area (Å²) in [6, 6.07) is 9.87. The fourth-order valence-electron chi connectivity index (χ4n) is 2.12. The van der Waals surface area contributed by atoms with Crippen molar-refractivity contribution in [3.63, 3.8) is 0 Å². The van der Waals surface area contributed by atoms with Crippen molar-refractivity contribution in [3.8, 4) is 5.69 Å². The van der Waals surface area contributed by atoms with Gasteiger partial charge in [0, 0.05) is 6.07 Å². The van der Waals surface area contributed by atoms with E-state index in [0.717, 1.165) is 20.1 Å². The Bertz CT molecular complexity index is 872. The Labute approximate surface area is 158 Å². The van der Waals surface area contributed by atoms with E-state index in [2.05, 4.69) is 20.6 Å². The maximum absolute atomic E-state index is 12.3. The van der Waals surface area contributed by atoms with Crippen LogP contribution in [0.4, 0.5) is 5.82 Å². The van der Waals surface area contributed by atoms with Gasteiger partial charge in [0.05, 0.1) is 17.1 Å². The molecule has 0 fully saturated rings. The second kappa shape index (κ2) is 8.03. The average molecular weight is 392 g/mol. The minimum atomic E-state index is -0.0980. The van der Waals surface area contributed by atoms with Crippen LogP contribution in [0.2, 0.25) is 0 Å². The zero-order valence-electron chi connectivity index (χ0n) is 14.0. The monoisotopic (exact) mass is 391 g/mol. The Morgan fingerprint density at radius 1 is 1.20 bits per heavy atom. The van der Waals surface area contributed by atoms with E-state index in [0.29, 0.717) is 5.82 Å². The highest BCUT2D eigenvalue weighted by molar-refractivity contribution is 8.03. The lowest BCUT2D eigenvalue weighted by Gasteiger charge is -2.08. The Balaban J connectivity index is 1.67. The first-order valence-corrected chi connectivity index (χ1v) is 10.5. The number of aromatic nitrogens is 4. The predicted molar refractivity (Wildman–Crippen MR) is 104 cm³/mol. The van der Waals surface area contributed by atoms with E-state index in [4.69, 9.17) is 0 Å². The third-order valence-corrected chi connectivity index (χ3v) is 6.30. The Morgan fingerprint density at radius 3 is 2.60 bits per heavy atom. The third kappa shape index (κ3) is 4.62. The van der Waals surface area contributed by atoms with Crippen LogP contribution in [0.25, 0.3) is 5.69 Å². The minimum Gasteiger partial charge on any atom is -0.310 e. The Morgan fingerprint density at radius 2 is 1.92 bits per heavy atom. The van der Waals surface area contributed by atoms with E-state index in [9.17, 15) is 4.79 Å². The molecule has 0 spiro atoms. The van der Waals surface area contributed by atoms with E-state index in [1.54, 1.807) is 16.4 Å². The topological polar surface area (TPSA) is 72.7 Å². The smallest absolute Gasteiger partial charge is 0.235 e. The van der Waals surface area contributed by atoms with E-state index < -0.39 is 0 Å². The number of rotatable bonds is 6. The van der Waals surface area contributed by atoms with Crippen LogP contribution >= 0.6 is 34.9 Å². The summed E-state index contributed by atoms with van der Waals surface area (Å²) in [4.78, 5) is 12.3. The zero-order valence-corrected chi connectivity index (χ0v) is 16.5. The van der Waals surface area contributed by atoms with Crippen molar-refractivity contribution in [2.24, 2.45) is 0 Å². The maximum Gasteiger partial charge on any atom is 0.235 e. The van der Waals surface area contributed by atoms with Crippen LogP contribution in [0.1, 0.15) is 11.3 Å². The van der Waals surface area contributed by atoms with Crippen molar-refractivity contribution < 1.29 is 4.79 Å². The summed E-state index contributed by atoms with van der Waals surface area (Å²) in [6.07, 6.45) is 1.95. The molecule has 0 saturated carbocycles. The quantitative estimate of drug-likeness (QED) is 0.645. The molecule has 2 aromatic heterocycles. The fourth-order valence-corrected chi connectivity index (χ4v) is 4.35. The molecule has 1 N–H and O–H groups in total. The highest BCUT2D eigenvalue weighted by Gasteiger charge is 2.12. The molecule has 0 aliphatic carbocycles. The average Bonchev–Trinajstić information content (AvgIpc) is 3.20. The number of aryl methyl sites for hydroxylation is 2. The standard InChI is InChI=1S/C16H17N5OS3/c1-10-4-6-12(7-5-10)21-13(8-11(2)20-21)17-14(22)9-24-16-19-18-15(23-3)25-16/h4-8H,9H2,1-3H3,(H,17,22). The van der Waals surface area contributed by atoms with Crippen LogP contribution < -0.4 is 5.32 Å². The molecule has 0 aliphatic heterocycles. The van der Waals surface area contributed by atoms with Gasteiger partial charge in [0.2, 0.25) is 5.91 Å². The minimum absolute atomic E-state index is 0.0980. The number of thioether (sulfide) groups is 2. The first kappa shape index (κ1) is 18.0. The molecule has 1 aromatic carbocycles. The molecule has 6 nitrogen and oxygen atoms in total. The molecule has 0 saturated heterocycles. The van der Waals surface area contributed by atoms with Gasteiger partial charge in [0.15, 0.2) is 8.68 Å². The van der Waals surface area contributed by atoms with Crippen LogP contribution in [-0.4, -0.2) is 37.9 Å². The van der Waals surface area contributed by atoms with Gasteiger partial charge in [-0.05, 0) is 32.2 Å². The molecule has 0 aliphatic rings. The summed E-state index contributed by atoms with van der Waals surface area (Å²) >= 11 is 4.43. The van der Waals surface area contributed by atoms with E-state index in [1.807, 2.05) is 50.4 Å². The van der Waals surface area contributed by atoms with Gasteiger partial charge in [0.1, 0.15) is 5.82 Å². The van der Waals surface area contributed by atoms with Gasteiger partial charge in [-0.2, -0.15) is 5.10 Å². The highest BCUT2D eigenvalue weighted by Crippen LogP contribution is 2.27. The van der Waals surface area contributed by atoms with Gasteiger partial charge in [-0.3, -0.25) is 4.79 Å². The molecule has 9 heteroatoms. The van der Waals surface area contributed by atoms with Crippen LogP contribution in [0.3, 0.4) is 0 Å². The second-order valence-electron chi connectivity index (χ2n) is 5.29. The third-order valence-electron chi connectivity index (χ3n) is 3.27. The number of nitrogens with zero attached hydrogens (tertiary/aromatic N) is 4. The number of nitrogens with one attached hydrogen (secondary N) is 1. The number of anilines is 1. The van der Waals surface area contributed by atoms with Gasteiger partial charge in [-0.15, -0.1) is 10.2 Å². The van der Waals surface area contributed by atoms with Gasteiger partial charge >= 0.3 is 0 Å². The first-order valence-electron chi connectivity index (χ1n) is 7.49. The van der Waals surface area contributed by atoms with E-state index in [1.165, 1.54) is 28.7 Å². The van der Waals surface area contributed by atoms with E-state index in [-0.39, 0.29) is 11.7 Å². The molecule has 25 heavy (non-hydrogen) atoms. The fraction of sp³-hybridized carbons (Fsp3) is 0.250. The lowest BCUT2D eigenvalue weighted by molar-refractivity contribution is -0.113. The number of carbonyl (C=O) groups excluding carboxylic acids is 1. The van der Waals surface area contributed by atoms with Gasteiger partial charge in [-0.1, -0.05) is 52.6 Å². The summed E-state index contributed by atoms with van der Waals surface area (Å²) in [5.74, 6) is 0.842. The predicted octanol–water partition coefficient (Wildman–Crippen LogP) is 3.79. The summed E-state index contributed by atoms with van der Waals surface area (Å²) in [5.41, 5.74) is 2.93. The lowest BCUT2D eigenvalue weighted by atomic mass is 10.2. The molecular weight excluding hydrogens is 374 g/mol. The Kier molecular flexibility index (Phi) is 5.77. The molecule has 2 heterocycles. The van der Waals surface area contributed by atoms with Crippen molar-refractivity contribution >= 4 is 46.6 Å². The number of carbonyl (C=O) groups is 1. The molecule has 3 rings (SSSR count). The van der Waals surface area contributed by atoms with Crippen molar-refractivity contribution in [3.05, 3.63) is 41.6 Å². The van der Waals surface area contributed by atoms with E-state index >= 15 is 0 Å². The summed E-state index contributed by atoms with van der Waals surface area (Å²) in [5, 5.41) is 15.5. The summed E-state index contributed by atoms with van der Waals surface area (Å²) in [7, 11) is 0. The van der Waals surface area contributed by atoms with Crippen LogP contribution in [0.5, 0.6) is 0 Å². The van der Waals surface area contributed by atoms with Crippen LogP contribution in [0, 0.1) is 13.8 Å². The number of benzene rings is 1. The summed E-state index contributed by atoms with van der Waals surface area (Å²) < 4.78 is 3.44. The molecule has 0 unspecified atom stereocenters. The number of amides is 1. The maximum atomic E-state index is 12.3. The van der Waals surface area contributed by atoms with Gasteiger partial charge in [0.25, 0.3) is 0 Å². The first-order chi connectivity index (χ1) is 12.0. The lowest BCUT2D eigenvalue weighted by Crippen LogP contribution is -2.16. The number of hydrogen-bond donors (Lipinski definition) is 1. The number of hydrogen-bond acceptors (Lipinski definition) is 7. The molecule has 0 atom stereocenters. The zero-order chi connectivity index (χ0) is 17.8. The highest BCUT2D eigenvalue weighted by atomic mass is 32.2. The molecule has 1 amide bonds. The molecule has 0 bridgehead atoms. The molecular formula is C16H17N5OS3. The molecule has 130 valence electrons. The normalized spacial score (nSPS) is 10.8. The SMILES string of the molecule is CSc1nnc(SCC(=O)Nc2cc(C)nn2-c2ccc(C)cc2)s1. The van der Waals surface area contributed by atoms with Crippen molar-refractivity contribution in [2.75, 3.05) is 17.3 Å². The summed E-state index contributed by atoms with van der Waals surface area (Å²) in [6.45, 7) is 3.94. The van der Waals surface area contributed by atoms with Gasteiger partial charge < -0.3 is 5.32 Å². The molecule has 0 radical (unpaired) electrons. The van der Waals surface area contributed by atoms with Crippen LogP contribution in [-0.2, 0) is 4.79 Å².